The average Bonchev–Trinajstić information content (AvgIpc) is 3.20. The molecule has 3 rings (SSSR count). The summed E-state index contributed by atoms with van der Waals surface area (Å²) < 4.78 is 5.21. The molecule has 0 aliphatic carbocycles. The molecule has 1 aliphatic heterocycles. The van der Waals surface area contributed by atoms with Crippen LogP contribution in [-0.4, -0.2) is 56.0 Å². The van der Waals surface area contributed by atoms with Crippen molar-refractivity contribution in [3.63, 3.8) is 0 Å². The minimum atomic E-state index is -0.164. The second-order valence-corrected chi connectivity index (χ2v) is 8.22. The predicted molar refractivity (Wildman–Crippen MR) is 124 cm³/mol. The smallest absolute Gasteiger partial charge is 0.287 e. The summed E-state index contributed by atoms with van der Waals surface area (Å²) in [6, 6.07) is 11.0. The number of furan rings is 1. The summed E-state index contributed by atoms with van der Waals surface area (Å²) >= 11 is 0. The first-order valence-electron chi connectivity index (χ1n) is 11.1. The highest BCUT2D eigenvalue weighted by Crippen LogP contribution is 2.14. The first-order valence-corrected chi connectivity index (χ1v) is 11.1. The Morgan fingerprint density at radius 1 is 1.16 bits per heavy atom. The molecule has 1 fully saturated rings. The lowest BCUT2D eigenvalue weighted by atomic mass is 10.0. The minimum absolute atomic E-state index is 0.164. The van der Waals surface area contributed by atoms with Crippen molar-refractivity contribution in [2.45, 2.75) is 45.7 Å². The normalized spacial score (nSPS) is 15.6. The predicted octanol–water partition coefficient (Wildman–Crippen LogP) is 2.85. The molecular weight excluding hydrogens is 390 g/mol. The van der Waals surface area contributed by atoms with E-state index >= 15 is 0 Å². The second-order valence-electron chi connectivity index (χ2n) is 8.22. The number of benzene rings is 1. The van der Waals surface area contributed by atoms with Crippen LogP contribution in [0.1, 0.15) is 46.5 Å². The van der Waals surface area contributed by atoms with E-state index < -0.39 is 0 Å². The highest BCUT2D eigenvalue weighted by Gasteiger charge is 2.20. The first kappa shape index (κ1) is 22.9. The van der Waals surface area contributed by atoms with E-state index in [1.807, 2.05) is 6.92 Å². The highest BCUT2D eigenvalue weighted by atomic mass is 16.3. The lowest BCUT2D eigenvalue weighted by Gasteiger charge is -2.33. The maximum Gasteiger partial charge on any atom is 0.287 e. The van der Waals surface area contributed by atoms with Gasteiger partial charge in [0, 0.05) is 51.4 Å². The topological polar surface area (TPSA) is 81.9 Å². The van der Waals surface area contributed by atoms with Gasteiger partial charge in [-0.25, -0.2) is 0 Å². The number of rotatable bonds is 8. The van der Waals surface area contributed by atoms with Gasteiger partial charge >= 0.3 is 0 Å². The van der Waals surface area contributed by atoms with Crippen LogP contribution in [0, 0.1) is 13.8 Å². The van der Waals surface area contributed by atoms with Crippen molar-refractivity contribution >= 4 is 11.9 Å². The van der Waals surface area contributed by atoms with Crippen LogP contribution < -0.4 is 16.0 Å². The monoisotopic (exact) mass is 425 g/mol. The van der Waals surface area contributed by atoms with Crippen LogP contribution in [0.25, 0.3) is 0 Å². The van der Waals surface area contributed by atoms with Crippen LogP contribution in [0.5, 0.6) is 0 Å². The molecule has 1 aromatic carbocycles. The molecule has 1 saturated heterocycles. The molecule has 3 N–H and O–H groups in total. The summed E-state index contributed by atoms with van der Waals surface area (Å²) in [6.45, 7) is 8.52. The van der Waals surface area contributed by atoms with Gasteiger partial charge in [-0.3, -0.25) is 14.7 Å². The van der Waals surface area contributed by atoms with E-state index in [9.17, 15) is 4.79 Å². The fourth-order valence-electron chi connectivity index (χ4n) is 3.87. The lowest BCUT2D eigenvalue weighted by molar-refractivity contribution is 0.0925. The summed E-state index contributed by atoms with van der Waals surface area (Å²) in [4.78, 5) is 18.9. The van der Waals surface area contributed by atoms with Crippen molar-refractivity contribution in [3.8, 4) is 0 Å². The Kier molecular flexibility index (Phi) is 8.53. The Labute approximate surface area is 185 Å². The van der Waals surface area contributed by atoms with Gasteiger partial charge in [0.05, 0.1) is 6.26 Å². The number of nitrogens with one attached hydrogen (secondary N) is 3. The maximum atomic E-state index is 12.0. The number of piperidine rings is 1. The molecular formula is C24H35N5O2. The van der Waals surface area contributed by atoms with Crippen LogP contribution >= 0.6 is 0 Å². The van der Waals surface area contributed by atoms with Gasteiger partial charge in [-0.05, 0) is 44.7 Å². The van der Waals surface area contributed by atoms with Gasteiger partial charge in [0.15, 0.2) is 11.7 Å². The number of guanidine groups is 1. The summed E-state index contributed by atoms with van der Waals surface area (Å²) in [5.74, 6) is 1.05. The number of likely N-dealkylation sites (tertiary alicyclic amines) is 1. The molecule has 0 saturated carbocycles. The van der Waals surface area contributed by atoms with Gasteiger partial charge in [0.1, 0.15) is 0 Å². The van der Waals surface area contributed by atoms with E-state index in [1.165, 1.54) is 17.4 Å². The molecule has 0 atom stereocenters. The van der Waals surface area contributed by atoms with Gasteiger partial charge in [-0.15, -0.1) is 0 Å². The number of hydrogen-bond acceptors (Lipinski definition) is 4. The van der Waals surface area contributed by atoms with Gasteiger partial charge < -0.3 is 20.4 Å². The molecule has 0 unspecified atom stereocenters. The fourth-order valence-corrected chi connectivity index (χ4v) is 3.87. The molecule has 1 aromatic heterocycles. The van der Waals surface area contributed by atoms with Crippen molar-refractivity contribution in [1.29, 1.82) is 0 Å². The van der Waals surface area contributed by atoms with Crippen LogP contribution in [0.3, 0.4) is 0 Å². The third-order valence-corrected chi connectivity index (χ3v) is 5.64. The molecule has 31 heavy (non-hydrogen) atoms. The zero-order valence-corrected chi connectivity index (χ0v) is 18.9. The molecule has 2 aromatic rings. The molecule has 7 nitrogen and oxygen atoms in total. The van der Waals surface area contributed by atoms with Crippen LogP contribution in [-0.2, 0) is 6.54 Å². The van der Waals surface area contributed by atoms with Crippen molar-refractivity contribution < 1.29 is 9.21 Å². The number of aryl methyl sites for hydroxylation is 2. The third-order valence-electron chi connectivity index (χ3n) is 5.64. The number of carbonyl (C=O) groups excluding carboxylic acids is 1. The Hall–Kier alpha value is -2.80. The average molecular weight is 426 g/mol. The van der Waals surface area contributed by atoms with E-state index in [4.69, 9.17) is 4.42 Å². The van der Waals surface area contributed by atoms with Crippen LogP contribution in [0.2, 0.25) is 0 Å². The maximum absolute atomic E-state index is 12.0. The van der Waals surface area contributed by atoms with Crippen LogP contribution in [0.15, 0.2) is 46.0 Å². The van der Waals surface area contributed by atoms with E-state index in [-0.39, 0.29) is 5.91 Å². The number of aliphatic imine (C=N–C) groups is 1. The second kappa shape index (κ2) is 11.6. The Morgan fingerprint density at radius 2 is 1.94 bits per heavy atom. The molecule has 0 radical (unpaired) electrons. The number of carbonyl (C=O) groups is 1. The highest BCUT2D eigenvalue weighted by molar-refractivity contribution is 5.92. The van der Waals surface area contributed by atoms with Gasteiger partial charge in [-0.2, -0.15) is 0 Å². The SMILES string of the molecule is CN=C(NCCCNC(=O)c1occc1C)NC1CCN(Cc2cccc(C)c2)CC1. The zero-order chi connectivity index (χ0) is 22.1. The third kappa shape index (κ3) is 7.14. The quantitative estimate of drug-likeness (QED) is 0.344. The molecule has 1 aliphatic rings. The number of amides is 1. The van der Waals surface area contributed by atoms with Crippen molar-refractivity contribution in [1.82, 2.24) is 20.9 Å². The van der Waals surface area contributed by atoms with Gasteiger partial charge in [-0.1, -0.05) is 29.8 Å². The van der Waals surface area contributed by atoms with Crippen molar-refractivity contribution in [2.24, 2.45) is 4.99 Å². The van der Waals surface area contributed by atoms with Crippen molar-refractivity contribution in [2.75, 3.05) is 33.2 Å². The number of nitrogens with zero attached hydrogens (tertiary/aromatic N) is 2. The molecule has 7 heteroatoms. The fraction of sp³-hybridized carbons (Fsp3) is 0.500. The molecule has 168 valence electrons. The Morgan fingerprint density at radius 3 is 2.61 bits per heavy atom. The molecule has 0 spiro atoms. The number of hydrogen-bond donors (Lipinski definition) is 3. The van der Waals surface area contributed by atoms with Gasteiger partial charge in [0.25, 0.3) is 5.91 Å². The van der Waals surface area contributed by atoms with E-state index in [0.29, 0.717) is 18.3 Å². The summed E-state index contributed by atoms with van der Waals surface area (Å²) in [5, 5.41) is 9.77. The summed E-state index contributed by atoms with van der Waals surface area (Å²) in [5.41, 5.74) is 3.56. The molecule has 2 heterocycles. The Balaban J connectivity index is 1.30. The van der Waals surface area contributed by atoms with Crippen molar-refractivity contribution in [3.05, 3.63) is 59.0 Å². The minimum Gasteiger partial charge on any atom is -0.459 e. The van der Waals surface area contributed by atoms with Crippen LogP contribution in [0.4, 0.5) is 0 Å². The lowest BCUT2D eigenvalue weighted by Crippen LogP contribution is -2.48. The van der Waals surface area contributed by atoms with E-state index in [1.54, 1.807) is 13.1 Å². The van der Waals surface area contributed by atoms with E-state index in [2.05, 4.69) is 57.0 Å². The molecule has 1 amide bonds. The largest absolute Gasteiger partial charge is 0.459 e. The standard InChI is InChI=1S/C24H35N5O2/c1-18-6-4-7-20(16-18)17-29-13-8-21(9-14-29)28-24(25-3)27-12-5-11-26-23(30)22-19(2)10-15-31-22/h4,6-7,10,15-16,21H,5,8-9,11-14,17H2,1-3H3,(H,26,30)(H2,25,27,28). The molecule has 0 bridgehead atoms. The summed E-state index contributed by atoms with van der Waals surface area (Å²) in [6.07, 6.45) is 4.55. The first-order chi connectivity index (χ1) is 15.0. The summed E-state index contributed by atoms with van der Waals surface area (Å²) in [7, 11) is 1.80. The zero-order valence-electron chi connectivity index (χ0n) is 18.9. The van der Waals surface area contributed by atoms with Gasteiger partial charge in [0.2, 0.25) is 0 Å². The van der Waals surface area contributed by atoms with E-state index in [0.717, 1.165) is 57.0 Å². The Bertz CT molecular complexity index is 868.